The molecule has 8 nitrogen and oxygen atoms in total. The Morgan fingerprint density at radius 3 is 2.34 bits per heavy atom. The molecule has 0 amide bonds. The van der Waals surface area contributed by atoms with Gasteiger partial charge in [-0.25, -0.2) is 14.6 Å². The lowest BCUT2D eigenvalue weighted by molar-refractivity contribution is 0.221. The van der Waals surface area contributed by atoms with Gasteiger partial charge in [-0.1, -0.05) is 23.8 Å². The topological polar surface area (TPSA) is 81.0 Å². The molecule has 1 fully saturated rings. The highest BCUT2D eigenvalue weighted by Crippen LogP contribution is 2.22. The third-order valence-electron chi connectivity index (χ3n) is 5.45. The summed E-state index contributed by atoms with van der Waals surface area (Å²) in [7, 11) is 0. The number of hydrogen-bond acceptors (Lipinski definition) is 7. The van der Waals surface area contributed by atoms with Crippen molar-refractivity contribution in [3.63, 3.8) is 0 Å². The van der Waals surface area contributed by atoms with Gasteiger partial charge in [0.05, 0.1) is 24.3 Å². The fourth-order valence-electron chi connectivity index (χ4n) is 3.81. The first-order chi connectivity index (χ1) is 15.8. The zero-order valence-corrected chi connectivity index (χ0v) is 17.8. The molecule has 5 rings (SSSR count). The van der Waals surface area contributed by atoms with E-state index in [1.165, 1.54) is 44.2 Å². The van der Waals surface area contributed by atoms with Crippen molar-refractivity contribution in [1.82, 2.24) is 29.9 Å². The second kappa shape index (κ2) is 9.57. The van der Waals surface area contributed by atoms with Crippen LogP contribution in [0.15, 0.2) is 73.4 Å². The van der Waals surface area contributed by atoms with Crippen LogP contribution in [-0.4, -0.2) is 43.0 Å². The molecule has 3 heterocycles. The van der Waals surface area contributed by atoms with Gasteiger partial charge in [0.15, 0.2) is 11.6 Å². The molecule has 0 radical (unpaired) electrons. The van der Waals surface area contributed by atoms with Gasteiger partial charge in [0, 0.05) is 12.2 Å². The van der Waals surface area contributed by atoms with Crippen molar-refractivity contribution in [2.24, 2.45) is 0 Å². The molecule has 1 N–H and O–H groups in total. The highest BCUT2D eigenvalue weighted by atomic mass is 16.5. The molecule has 0 saturated carbocycles. The molecule has 0 atom stereocenters. The van der Waals surface area contributed by atoms with Crippen molar-refractivity contribution in [3.8, 4) is 17.2 Å². The van der Waals surface area contributed by atoms with E-state index in [0.29, 0.717) is 17.3 Å². The molecular weight excluding hydrogens is 402 g/mol. The summed E-state index contributed by atoms with van der Waals surface area (Å²) < 4.78 is 7.45. The maximum atomic E-state index is 5.73. The molecule has 0 spiro atoms. The molecular formula is C24H25N7O. The van der Waals surface area contributed by atoms with E-state index in [9.17, 15) is 0 Å². The summed E-state index contributed by atoms with van der Waals surface area (Å²) in [5.41, 5.74) is 3.22. The van der Waals surface area contributed by atoms with Crippen LogP contribution in [0.3, 0.4) is 0 Å². The maximum absolute atomic E-state index is 5.73. The number of likely N-dealkylation sites (tertiary alicyclic amines) is 1. The van der Waals surface area contributed by atoms with Gasteiger partial charge in [0.1, 0.15) is 12.1 Å². The van der Waals surface area contributed by atoms with Gasteiger partial charge < -0.3 is 10.1 Å². The zero-order chi connectivity index (χ0) is 21.6. The molecule has 32 heavy (non-hydrogen) atoms. The molecule has 0 unspecified atom stereocenters. The van der Waals surface area contributed by atoms with Gasteiger partial charge in [-0.3, -0.25) is 4.90 Å². The Morgan fingerprint density at radius 1 is 0.844 bits per heavy atom. The summed E-state index contributed by atoms with van der Waals surface area (Å²) in [6.07, 6.45) is 10.6. The SMILES string of the molecule is c1ncc(Oc2ccc(-n3cc(Nc4ccc(CN5CCCCC5)cc4)nn3)cc2)cn1. The number of anilines is 2. The van der Waals surface area contributed by atoms with Crippen molar-refractivity contribution in [1.29, 1.82) is 0 Å². The predicted octanol–water partition coefficient (Wildman–Crippen LogP) is 4.58. The fraction of sp³-hybridized carbons (Fsp3) is 0.250. The van der Waals surface area contributed by atoms with Crippen LogP contribution in [0.25, 0.3) is 5.69 Å². The summed E-state index contributed by atoms with van der Waals surface area (Å²) in [6.45, 7) is 3.43. The van der Waals surface area contributed by atoms with Crippen LogP contribution >= 0.6 is 0 Å². The van der Waals surface area contributed by atoms with Crippen LogP contribution in [0.4, 0.5) is 11.5 Å². The van der Waals surface area contributed by atoms with Crippen molar-refractivity contribution >= 4 is 11.5 Å². The lowest BCUT2D eigenvalue weighted by atomic mass is 10.1. The van der Waals surface area contributed by atoms with Crippen LogP contribution < -0.4 is 10.1 Å². The van der Waals surface area contributed by atoms with Gasteiger partial charge in [0.25, 0.3) is 0 Å². The largest absolute Gasteiger partial charge is 0.454 e. The molecule has 0 bridgehead atoms. The van der Waals surface area contributed by atoms with E-state index in [0.717, 1.165) is 17.9 Å². The number of hydrogen-bond donors (Lipinski definition) is 1. The van der Waals surface area contributed by atoms with Gasteiger partial charge in [-0.2, -0.15) is 0 Å². The first-order valence-electron chi connectivity index (χ1n) is 10.9. The monoisotopic (exact) mass is 427 g/mol. The lowest BCUT2D eigenvalue weighted by Gasteiger charge is -2.26. The Kier molecular flexibility index (Phi) is 6.02. The van der Waals surface area contributed by atoms with E-state index < -0.39 is 0 Å². The minimum Gasteiger partial charge on any atom is -0.454 e. The average Bonchev–Trinajstić information content (AvgIpc) is 3.31. The van der Waals surface area contributed by atoms with E-state index in [1.54, 1.807) is 17.1 Å². The Hall–Kier alpha value is -3.78. The summed E-state index contributed by atoms with van der Waals surface area (Å²) in [6, 6.07) is 16.1. The molecule has 1 aliphatic rings. The predicted molar refractivity (Wildman–Crippen MR) is 122 cm³/mol. The number of nitrogens with zero attached hydrogens (tertiary/aromatic N) is 6. The molecule has 2 aromatic carbocycles. The van der Waals surface area contributed by atoms with Crippen molar-refractivity contribution in [3.05, 3.63) is 79.0 Å². The Bertz CT molecular complexity index is 1120. The minimum atomic E-state index is 0.592. The molecule has 162 valence electrons. The normalized spacial score (nSPS) is 14.2. The Morgan fingerprint density at radius 2 is 1.59 bits per heavy atom. The van der Waals surface area contributed by atoms with Gasteiger partial charge >= 0.3 is 0 Å². The summed E-state index contributed by atoms with van der Waals surface area (Å²) in [5, 5.41) is 11.8. The number of aromatic nitrogens is 5. The van der Waals surface area contributed by atoms with E-state index in [-0.39, 0.29) is 0 Å². The fourth-order valence-corrected chi connectivity index (χ4v) is 3.81. The summed E-state index contributed by atoms with van der Waals surface area (Å²) in [5.74, 6) is 1.98. The maximum Gasteiger partial charge on any atom is 0.173 e. The third kappa shape index (κ3) is 5.09. The number of rotatable bonds is 7. The van der Waals surface area contributed by atoms with Crippen LogP contribution in [0, 0.1) is 0 Å². The summed E-state index contributed by atoms with van der Waals surface area (Å²) in [4.78, 5) is 10.4. The molecule has 8 heteroatoms. The number of ether oxygens (including phenoxy) is 1. The highest BCUT2D eigenvalue weighted by molar-refractivity contribution is 5.56. The standard InChI is InChI=1S/C24H25N7O/c1-2-12-30(13-3-1)16-19-4-6-20(7-5-19)27-24-17-31(29-28-24)21-8-10-22(11-9-21)32-23-14-25-18-26-15-23/h4-11,14-15,17-18,27H,1-3,12-13,16H2. The number of piperidine rings is 1. The minimum absolute atomic E-state index is 0.592. The van der Waals surface area contributed by atoms with Gasteiger partial charge in [-0.05, 0) is 67.9 Å². The van der Waals surface area contributed by atoms with E-state index in [1.807, 2.05) is 30.5 Å². The van der Waals surface area contributed by atoms with E-state index >= 15 is 0 Å². The number of nitrogens with one attached hydrogen (secondary N) is 1. The molecule has 1 saturated heterocycles. The Balaban J connectivity index is 1.19. The zero-order valence-electron chi connectivity index (χ0n) is 17.8. The van der Waals surface area contributed by atoms with Crippen molar-refractivity contribution in [2.75, 3.05) is 18.4 Å². The van der Waals surface area contributed by atoms with Crippen LogP contribution in [-0.2, 0) is 6.54 Å². The Labute approximate surface area is 186 Å². The summed E-state index contributed by atoms with van der Waals surface area (Å²) >= 11 is 0. The quantitative estimate of drug-likeness (QED) is 0.462. The molecule has 2 aromatic heterocycles. The average molecular weight is 428 g/mol. The van der Waals surface area contributed by atoms with Crippen molar-refractivity contribution in [2.45, 2.75) is 25.8 Å². The first kappa shape index (κ1) is 20.1. The third-order valence-corrected chi connectivity index (χ3v) is 5.45. The highest BCUT2D eigenvalue weighted by Gasteiger charge is 2.10. The van der Waals surface area contributed by atoms with Crippen LogP contribution in [0.5, 0.6) is 11.5 Å². The molecule has 4 aromatic rings. The second-order valence-electron chi connectivity index (χ2n) is 7.88. The van der Waals surface area contributed by atoms with Crippen LogP contribution in [0.2, 0.25) is 0 Å². The lowest BCUT2D eigenvalue weighted by Crippen LogP contribution is -2.29. The van der Waals surface area contributed by atoms with Crippen molar-refractivity contribution < 1.29 is 4.74 Å². The van der Waals surface area contributed by atoms with Gasteiger partial charge in [0.2, 0.25) is 0 Å². The number of benzene rings is 2. The molecule has 1 aliphatic heterocycles. The molecule has 0 aliphatic carbocycles. The van der Waals surface area contributed by atoms with Crippen LogP contribution in [0.1, 0.15) is 24.8 Å². The van der Waals surface area contributed by atoms with E-state index in [4.69, 9.17) is 4.74 Å². The van der Waals surface area contributed by atoms with E-state index in [2.05, 4.69) is 54.8 Å². The first-order valence-corrected chi connectivity index (χ1v) is 10.9. The smallest absolute Gasteiger partial charge is 0.173 e. The second-order valence-corrected chi connectivity index (χ2v) is 7.88. The van der Waals surface area contributed by atoms with Gasteiger partial charge in [-0.15, -0.1) is 5.10 Å².